The van der Waals surface area contributed by atoms with Crippen molar-refractivity contribution in [3.05, 3.63) is 48.0 Å². The summed E-state index contributed by atoms with van der Waals surface area (Å²) in [7, 11) is 0. The molecule has 0 aliphatic heterocycles. The molecule has 4 rings (SSSR count). The van der Waals surface area contributed by atoms with Gasteiger partial charge in [-0.1, -0.05) is 26.0 Å². The number of benzene rings is 2. The molecule has 0 bridgehead atoms. The fraction of sp³-hybridized carbons (Fsp3) is 0.385. The number of carbonyl (C=O) groups is 1. The number of fused-ring (bicyclic) bond motifs is 1. The Bertz CT molecular complexity index is 1150. The lowest BCUT2D eigenvalue weighted by Crippen LogP contribution is -2.18. The van der Waals surface area contributed by atoms with Crippen molar-refractivity contribution in [3.8, 4) is 23.1 Å². The SMILES string of the molecule is CCOc1ccc2c(c1)c(C#N)c(-c1ccc(NC(=O)OCC(C)C)cc1)n2C1CCC1. The predicted octanol–water partition coefficient (Wildman–Crippen LogP) is 6.51. The van der Waals surface area contributed by atoms with Crippen LogP contribution in [0.4, 0.5) is 10.5 Å². The molecule has 6 nitrogen and oxygen atoms in total. The maximum atomic E-state index is 12.0. The molecule has 1 aliphatic carbocycles. The van der Waals surface area contributed by atoms with Crippen LogP contribution >= 0.6 is 0 Å². The van der Waals surface area contributed by atoms with Gasteiger partial charge in [0.05, 0.1) is 30.0 Å². The average Bonchev–Trinajstić information content (AvgIpc) is 3.05. The zero-order valence-corrected chi connectivity index (χ0v) is 18.9. The van der Waals surface area contributed by atoms with E-state index in [0.717, 1.165) is 40.8 Å². The Labute approximate surface area is 188 Å². The summed E-state index contributed by atoms with van der Waals surface area (Å²) >= 11 is 0. The summed E-state index contributed by atoms with van der Waals surface area (Å²) in [5.41, 5.74) is 4.25. The number of anilines is 1. The normalized spacial score (nSPS) is 13.6. The highest BCUT2D eigenvalue weighted by molar-refractivity contribution is 5.96. The lowest BCUT2D eigenvalue weighted by Gasteiger charge is -2.30. The van der Waals surface area contributed by atoms with E-state index in [0.29, 0.717) is 30.5 Å². The van der Waals surface area contributed by atoms with Crippen molar-refractivity contribution in [3.63, 3.8) is 0 Å². The van der Waals surface area contributed by atoms with Gasteiger partial charge in [0.2, 0.25) is 0 Å². The van der Waals surface area contributed by atoms with Crippen LogP contribution in [0, 0.1) is 17.2 Å². The van der Waals surface area contributed by atoms with Crippen LogP contribution < -0.4 is 10.1 Å². The average molecular weight is 432 g/mol. The molecule has 1 heterocycles. The zero-order valence-electron chi connectivity index (χ0n) is 18.9. The summed E-state index contributed by atoms with van der Waals surface area (Å²) in [6, 6.07) is 16.4. The fourth-order valence-electron chi connectivity index (χ4n) is 4.08. The smallest absolute Gasteiger partial charge is 0.411 e. The Morgan fingerprint density at radius 1 is 1.22 bits per heavy atom. The summed E-state index contributed by atoms with van der Waals surface area (Å²) in [5.74, 6) is 1.05. The number of hydrogen-bond donors (Lipinski definition) is 1. The molecule has 0 spiro atoms. The summed E-state index contributed by atoms with van der Waals surface area (Å²) < 4.78 is 13.2. The molecule has 32 heavy (non-hydrogen) atoms. The van der Waals surface area contributed by atoms with Gasteiger partial charge in [0.1, 0.15) is 11.8 Å². The maximum Gasteiger partial charge on any atom is 0.411 e. The van der Waals surface area contributed by atoms with E-state index in [1.165, 1.54) is 6.42 Å². The van der Waals surface area contributed by atoms with E-state index in [2.05, 4.69) is 22.0 Å². The number of nitrogens with one attached hydrogen (secondary N) is 1. The standard InChI is InChI=1S/C26H29N3O3/c1-4-31-21-12-13-24-22(14-21)23(15-27)25(29(24)20-6-5-7-20)18-8-10-19(11-9-18)28-26(30)32-16-17(2)3/h8-14,17,20H,4-7,16H2,1-3H3,(H,28,30). The Kier molecular flexibility index (Phi) is 6.36. The molecule has 1 aliphatic rings. The van der Waals surface area contributed by atoms with Crippen molar-refractivity contribution in [1.29, 1.82) is 5.26 Å². The topological polar surface area (TPSA) is 76.3 Å². The fourth-order valence-corrected chi connectivity index (χ4v) is 4.08. The number of hydrogen-bond acceptors (Lipinski definition) is 4. The van der Waals surface area contributed by atoms with E-state index in [-0.39, 0.29) is 5.92 Å². The van der Waals surface area contributed by atoms with E-state index in [1.54, 1.807) is 0 Å². The molecule has 1 amide bonds. The number of ether oxygens (including phenoxy) is 2. The number of nitrogens with zero attached hydrogens (tertiary/aromatic N) is 2. The van der Waals surface area contributed by atoms with Crippen LogP contribution in [0.1, 0.15) is 51.6 Å². The molecule has 1 aromatic heterocycles. The van der Waals surface area contributed by atoms with Crippen molar-refractivity contribution in [2.24, 2.45) is 5.92 Å². The third-order valence-electron chi connectivity index (χ3n) is 5.79. The highest BCUT2D eigenvalue weighted by Crippen LogP contribution is 2.43. The zero-order chi connectivity index (χ0) is 22.7. The molecule has 166 valence electrons. The first-order valence-corrected chi connectivity index (χ1v) is 11.3. The number of aromatic nitrogens is 1. The van der Waals surface area contributed by atoms with E-state index in [9.17, 15) is 10.1 Å². The van der Waals surface area contributed by atoms with Gasteiger partial charge in [-0.05, 0) is 68.0 Å². The number of amides is 1. The molecule has 2 aromatic carbocycles. The Morgan fingerprint density at radius 2 is 1.97 bits per heavy atom. The number of rotatable bonds is 7. The second-order valence-electron chi connectivity index (χ2n) is 8.60. The van der Waals surface area contributed by atoms with Gasteiger partial charge < -0.3 is 14.0 Å². The van der Waals surface area contributed by atoms with Crippen molar-refractivity contribution < 1.29 is 14.3 Å². The van der Waals surface area contributed by atoms with E-state index >= 15 is 0 Å². The first kappa shape index (κ1) is 21.8. The quantitative estimate of drug-likeness (QED) is 0.463. The van der Waals surface area contributed by atoms with E-state index < -0.39 is 6.09 Å². The van der Waals surface area contributed by atoms with Gasteiger partial charge in [0.15, 0.2) is 0 Å². The Balaban J connectivity index is 1.71. The lowest BCUT2D eigenvalue weighted by molar-refractivity contribution is 0.147. The van der Waals surface area contributed by atoms with Crippen molar-refractivity contribution in [1.82, 2.24) is 4.57 Å². The predicted molar refractivity (Wildman–Crippen MR) is 126 cm³/mol. The summed E-state index contributed by atoms with van der Waals surface area (Å²) in [5, 5.41) is 13.8. The second-order valence-corrected chi connectivity index (χ2v) is 8.60. The van der Waals surface area contributed by atoms with Gasteiger partial charge in [0, 0.05) is 17.1 Å². The minimum atomic E-state index is -0.462. The first-order chi connectivity index (χ1) is 15.5. The first-order valence-electron chi connectivity index (χ1n) is 11.3. The van der Waals surface area contributed by atoms with Gasteiger partial charge in [-0.25, -0.2) is 4.79 Å². The van der Waals surface area contributed by atoms with Gasteiger partial charge in [-0.3, -0.25) is 5.32 Å². The van der Waals surface area contributed by atoms with Crippen molar-refractivity contribution >= 4 is 22.7 Å². The Hall–Kier alpha value is -3.46. The highest BCUT2D eigenvalue weighted by atomic mass is 16.5. The van der Waals surface area contributed by atoms with Crippen molar-refractivity contribution in [2.75, 3.05) is 18.5 Å². The number of carbonyl (C=O) groups excluding carboxylic acids is 1. The largest absolute Gasteiger partial charge is 0.494 e. The van der Waals surface area contributed by atoms with E-state index in [4.69, 9.17) is 9.47 Å². The minimum absolute atomic E-state index is 0.282. The monoisotopic (exact) mass is 431 g/mol. The van der Waals surface area contributed by atoms with Gasteiger partial charge in [-0.15, -0.1) is 0 Å². The summed E-state index contributed by atoms with van der Waals surface area (Å²) in [6.07, 6.45) is 2.95. The molecule has 0 atom stereocenters. The molecule has 1 fully saturated rings. The third-order valence-corrected chi connectivity index (χ3v) is 5.79. The van der Waals surface area contributed by atoms with Crippen LogP contribution in [0.25, 0.3) is 22.2 Å². The van der Waals surface area contributed by atoms with Crippen LogP contribution in [-0.2, 0) is 4.74 Å². The summed E-state index contributed by atoms with van der Waals surface area (Å²) in [4.78, 5) is 12.0. The van der Waals surface area contributed by atoms with Crippen LogP contribution in [0.3, 0.4) is 0 Å². The second kappa shape index (κ2) is 9.35. The molecule has 6 heteroatoms. The molecule has 1 N–H and O–H groups in total. The Morgan fingerprint density at radius 3 is 2.56 bits per heavy atom. The minimum Gasteiger partial charge on any atom is -0.494 e. The molecule has 0 radical (unpaired) electrons. The molecule has 0 unspecified atom stereocenters. The van der Waals surface area contributed by atoms with Crippen LogP contribution in [0.15, 0.2) is 42.5 Å². The van der Waals surface area contributed by atoms with Gasteiger partial charge in [-0.2, -0.15) is 5.26 Å². The molecular weight excluding hydrogens is 402 g/mol. The molecule has 0 saturated heterocycles. The van der Waals surface area contributed by atoms with Crippen LogP contribution in [0.2, 0.25) is 0 Å². The van der Waals surface area contributed by atoms with Gasteiger partial charge >= 0.3 is 6.09 Å². The summed E-state index contributed by atoms with van der Waals surface area (Å²) in [6.45, 7) is 6.90. The highest BCUT2D eigenvalue weighted by Gasteiger charge is 2.28. The van der Waals surface area contributed by atoms with Gasteiger partial charge in [0.25, 0.3) is 0 Å². The van der Waals surface area contributed by atoms with Crippen molar-refractivity contribution in [2.45, 2.75) is 46.1 Å². The molecular formula is C26H29N3O3. The molecule has 1 saturated carbocycles. The van der Waals surface area contributed by atoms with Crippen LogP contribution in [-0.4, -0.2) is 23.9 Å². The maximum absolute atomic E-state index is 12.0. The number of nitriles is 1. The third kappa shape index (κ3) is 4.29. The van der Waals surface area contributed by atoms with Crippen LogP contribution in [0.5, 0.6) is 5.75 Å². The van der Waals surface area contributed by atoms with E-state index in [1.807, 2.05) is 57.2 Å². The molecule has 3 aromatic rings. The lowest BCUT2D eigenvalue weighted by atomic mass is 9.92.